The van der Waals surface area contributed by atoms with E-state index in [0.717, 1.165) is 26.2 Å². The Morgan fingerprint density at radius 1 is 0.737 bits per heavy atom. The van der Waals surface area contributed by atoms with Crippen LogP contribution in [0, 0.1) is 0 Å². The smallest absolute Gasteiger partial charge is 0.414 e. The molecule has 4 rings (SSSR count). The second-order valence-corrected chi connectivity index (χ2v) is 14.6. The third kappa shape index (κ3) is 11.5. The van der Waals surface area contributed by atoms with Crippen molar-refractivity contribution in [2.24, 2.45) is 0 Å². The molecule has 0 aromatic heterocycles. The van der Waals surface area contributed by atoms with Crippen LogP contribution >= 0.6 is 43.2 Å². The second kappa shape index (κ2) is 17.7. The van der Waals surface area contributed by atoms with E-state index in [2.05, 4.69) is 82.9 Å². The van der Waals surface area contributed by atoms with Crippen LogP contribution in [-0.2, 0) is 9.59 Å². The minimum Gasteiger partial charge on any atom is -0.473 e. The number of hydrogen-bond acceptors (Lipinski definition) is 14. The standard InChI is InChI=1S/2C10H22N4S2.C2H2O4/c2*1-4-8-7-14(6-5-11-8)10-12-9(13(2)3)15-16-10;3-1(4)2(5)6/h2*8-12H,4-7H2,1-3H3;(H,3,4)(H,5,6). The zero-order valence-corrected chi connectivity index (χ0v) is 26.5. The molecule has 38 heavy (non-hydrogen) atoms. The summed E-state index contributed by atoms with van der Waals surface area (Å²) in [6.07, 6.45) is 2.44. The van der Waals surface area contributed by atoms with Crippen molar-refractivity contribution < 1.29 is 19.8 Å². The van der Waals surface area contributed by atoms with Crippen LogP contribution in [0.4, 0.5) is 0 Å². The number of carbonyl (C=O) groups is 2. The Morgan fingerprint density at radius 2 is 1.11 bits per heavy atom. The molecule has 0 aromatic carbocycles. The Kier molecular flexibility index (Phi) is 16.0. The summed E-state index contributed by atoms with van der Waals surface area (Å²) in [5.74, 6) is -3.65. The average Bonchev–Trinajstić information content (AvgIpc) is 3.60. The largest absolute Gasteiger partial charge is 0.473 e. The Bertz CT molecular complexity index is 671. The highest BCUT2D eigenvalue weighted by Crippen LogP contribution is 2.39. The summed E-state index contributed by atoms with van der Waals surface area (Å²) in [6, 6.07) is 1.33. The summed E-state index contributed by atoms with van der Waals surface area (Å²) >= 11 is 0. The molecule has 0 aromatic rings. The molecule has 4 aliphatic rings. The molecule has 0 aliphatic carbocycles. The van der Waals surface area contributed by atoms with Gasteiger partial charge in [0.15, 0.2) is 0 Å². The van der Waals surface area contributed by atoms with Gasteiger partial charge in [0.05, 0.1) is 0 Å². The van der Waals surface area contributed by atoms with Crippen LogP contribution in [0.1, 0.15) is 26.7 Å². The molecule has 0 spiro atoms. The number of carboxylic acids is 2. The maximum Gasteiger partial charge on any atom is 0.414 e. The Labute approximate surface area is 243 Å². The molecule has 12 nitrogen and oxygen atoms in total. The summed E-state index contributed by atoms with van der Waals surface area (Å²) in [5, 5.41) is 29.2. The van der Waals surface area contributed by atoms with E-state index in [-0.39, 0.29) is 0 Å². The van der Waals surface area contributed by atoms with Gasteiger partial charge < -0.3 is 20.8 Å². The molecular weight excluding hydrogens is 569 g/mol. The van der Waals surface area contributed by atoms with E-state index in [9.17, 15) is 0 Å². The molecule has 6 atom stereocenters. The monoisotopic (exact) mass is 614 g/mol. The molecule has 4 heterocycles. The van der Waals surface area contributed by atoms with Crippen LogP contribution in [0.3, 0.4) is 0 Å². The fourth-order valence-electron chi connectivity index (χ4n) is 4.04. The SMILES string of the molecule is CCC1CN(C2NC(N(C)C)SS2)CCN1.CCC1CN(C2NC(N(C)C)SS2)CCN1.O=C(O)C(=O)O. The van der Waals surface area contributed by atoms with Crippen molar-refractivity contribution in [2.75, 3.05) is 67.5 Å². The van der Waals surface area contributed by atoms with E-state index < -0.39 is 11.9 Å². The first-order valence-corrected chi connectivity index (χ1v) is 17.5. The number of aliphatic carboxylic acids is 2. The van der Waals surface area contributed by atoms with E-state index in [1.54, 1.807) is 0 Å². The summed E-state index contributed by atoms with van der Waals surface area (Å²) in [4.78, 5) is 27.8. The highest BCUT2D eigenvalue weighted by atomic mass is 33.1. The number of carboxylic acid groups (broad SMARTS) is 2. The maximum atomic E-state index is 9.10. The van der Waals surface area contributed by atoms with Crippen LogP contribution in [0.15, 0.2) is 0 Å². The molecule has 4 saturated heterocycles. The van der Waals surface area contributed by atoms with Gasteiger partial charge in [0.25, 0.3) is 0 Å². The van der Waals surface area contributed by atoms with Gasteiger partial charge in [-0.15, -0.1) is 0 Å². The first-order valence-electron chi connectivity index (χ1n) is 13.0. The lowest BCUT2D eigenvalue weighted by molar-refractivity contribution is -0.159. The molecule has 4 aliphatic heterocycles. The topological polar surface area (TPSA) is 136 Å². The minimum atomic E-state index is -1.82. The molecule has 0 saturated carbocycles. The van der Waals surface area contributed by atoms with Gasteiger partial charge >= 0.3 is 11.9 Å². The van der Waals surface area contributed by atoms with Crippen molar-refractivity contribution in [3.8, 4) is 0 Å². The molecule has 222 valence electrons. The summed E-state index contributed by atoms with van der Waals surface area (Å²) in [5.41, 5.74) is 1.86. The number of hydrogen-bond donors (Lipinski definition) is 6. The normalized spacial score (nSPS) is 32.4. The highest BCUT2D eigenvalue weighted by Gasteiger charge is 2.34. The van der Waals surface area contributed by atoms with Crippen LogP contribution in [0.5, 0.6) is 0 Å². The van der Waals surface area contributed by atoms with Crippen molar-refractivity contribution in [3.05, 3.63) is 0 Å². The molecule has 0 radical (unpaired) electrons. The molecule has 6 N–H and O–H groups in total. The Balaban J connectivity index is 0.000000221. The lowest BCUT2D eigenvalue weighted by Gasteiger charge is -2.36. The molecule has 4 fully saturated rings. The highest BCUT2D eigenvalue weighted by molar-refractivity contribution is 8.77. The average molecular weight is 615 g/mol. The van der Waals surface area contributed by atoms with E-state index in [4.69, 9.17) is 19.8 Å². The van der Waals surface area contributed by atoms with Crippen LogP contribution < -0.4 is 21.3 Å². The summed E-state index contributed by atoms with van der Waals surface area (Å²) in [6.45, 7) is 11.4. The zero-order chi connectivity index (χ0) is 28.2. The van der Waals surface area contributed by atoms with Gasteiger partial charge in [-0.1, -0.05) is 57.0 Å². The first kappa shape index (κ1) is 34.2. The quantitative estimate of drug-likeness (QED) is 0.185. The van der Waals surface area contributed by atoms with Gasteiger partial charge in [-0.05, 0) is 41.0 Å². The van der Waals surface area contributed by atoms with Gasteiger partial charge in [0.2, 0.25) is 0 Å². The predicted molar refractivity (Wildman–Crippen MR) is 162 cm³/mol. The summed E-state index contributed by atoms with van der Waals surface area (Å²) in [7, 11) is 16.3. The predicted octanol–water partition coefficient (Wildman–Crippen LogP) is 0.723. The molecule has 0 amide bonds. The molecule has 6 unspecified atom stereocenters. The van der Waals surface area contributed by atoms with Crippen molar-refractivity contribution in [2.45, 2.75) is 60.8 Å². The van der Waals surface area contributed by atoms with Gasteiger partial charge in [-0.25, -0.2) is 9.59 Å². The van der Waals surface area contributed by atoms with E-state index in [1.165, 1.54) is 25.9 Å². The first-order chi connectivity index (χ1) is 18.0. The second-order valence-electron chi connectivity index (χ2n) is 9.77. The Morgan fingerprint density at radius 3 is 1.37 bits per heavy atom. The Hall–Kier alpha value is 0.0200. The maximum absolute atomic E-state index is 9.10. The van der Waals surface area contributed by atoms with Crippen LogP contribution in [0.25, 0.3) is 0 Å². The third-order valence-corrected chi connectivity index (χ3v) is 12.2. The fraction of sp³-hybridized carbons (Fsp3) is 0.909. The molecular formula is C22H46N8O4S4. The molecule has 16 heteroatoms. The number of nitrogens with one attached hydrogen (secondary N) is 4. The fourth-order valence-corrected chi connectivity index (χ4v) is 10.0. The van der Waals surface area contributed by atoms with E-state index >= 15 is 0 Å². The van der Waals surface area contributed by atoms with E-state index in [0.29, 0.717) is 34.1 Å². The lowest BCUT2D eigenvalue weighted by atomic mass is 10.2. The van der Waals surface area contributed by atoms with Gasteiger partial charge in [-0.2, -0.15) is 0 Å². The van der Waals surface area contributed by atoms with Crippen molar-refractivity contribution in [1.82, 2.24) is 40.9 Å². The molecule has 0 bridgehead atoms. The third-order valence-electron chi connectivity index (χ3n) is 6.39. The summed E-state index contributed by atoms with van der Waals surface area (Å²) < 4.78 is 0. The van der Waals surface area contributed by atoms with Crippen LogP contribution in [0.2, 0.25) is 0 Å². The van der Waals surface area contributed by atoms with Gasteiger partial charge in [0.1, 0.15) is 22.0 Å². The van der Waals surface area contributed by atoms with Crippen molar-refractivity contribution in [3.63, 3.8) is 0 Å². The van der Waals surface area contributed by atoms with Crippen molar-refractivity contribution in [1.29, 1.82) is 0 Å². The minimum absolute atomic E-state index is 0.449. The number of rotatable bonds is 6. The zero-order valence-electron chi connectivity index (χ0n) is 23.3. The van der Waals surface area contributed by atoms with Gasteiger partial charge in [-0.3, -0.25) is 30.2 Å². The van der Waals surface area contributed by atoms with Crippen LogP contribution in [-0.4, -0.2) is 143 Å². The number of nitrogens with zero attached hydrogens (tertiary/aromatic N) is 4. The lowest BCUT2D eigenvalue weighted by Crippen LogP contribution is -2.56. The number of piperazine rings is 2. The van der Waals surface area contributed by atoms with Crippen molar-refractivity contribution >= 4 is 55.1 Å². The van der Waals surface area contributed by atoms with E-state index in [1.807, 2.05) is 43.2 Å². The van der Waals surface area contributed by atoms with Gasteiger partial charge in [0, 0.05) is 51.4 Å².